The number of amides is 2. The van der Waals surface area contributed by atoms with Gasteiger partial charge in [0.1, 0.15) is 0 Å². The summed E-state index contributed by atoms with van der Waals surface area (Å²) in [5.41, 5.74) is 1.29. The second kappa shape index (κ2) is 8.29. The van der Waals surface area contributed by atoms with Gasteiger partial charge in [-0.15, -0.1) is 0 Å². The van der Waals surface area contributed by atoms with Gasteiger partial charge in [0.15, 0.2) is 0 Å². The Bertz CT molecular complexity index is 434. The molecule has 2 atom stereocenters. The first-order chi connectivity index (χ1) is 10.1. The molecular weight excluding hydrogens is 282 g/mol. The lowest BCUT2D eigenvalue weighted by Crippen LogP contribution is -2.46. The molecule has 0 radical (unpaired) electrons. The van der Waals surface area contributed by atoms with Crippen LogP contribution in [0.4, 0.5) is 4.79 Å². The quantitative estimate of drug-likeness (QED) is 0.848. The highest BCUT2D eigenvalue weighted by molar-refractivity contribution is 7.99. The van der Waals surface area contributed by atoms with Crippen LogP contribution < -0.4 is 10.6 Å². The van der Waals surface area contributed by atoms with Gasteiger partial charge < -0.3 is 10.6 Å². The Labute approximate surface area is 131 Å². The lowest BCUT2D eigenvalue weighted by Gasteiger charge is -2.25. The molecule has 1 aliphatic rings. The maximum atomic E-state index is 11.8. The molecule has 2 amide bonds. The van der Waals surface area contributed by atoms with Crippen LogP contribution in [-0.4, -0.2) is 48.1 Å². The van der Waals surface area contributed by atoms with E-state index in [-0.39, 0.29) is 6.03 Å². The molecule has 21 heavy (non-hydrogen) atoms. The molecule has 0 spiro atoms. The lowest BCUT2D eigenvalue weighted by molar-refractivity contribution is 0.221. The van der Waals surface area contributed by atoms with Crippen molar-refractivity contribution in [3.8, 4) is 0 Å². The third-order valence-electron chi connectivity index (χ3n) is 3.85. The van der Waals surface area contributed by atoms with Crippen molar-refractivity contribution < 1.29 is 4.79 Å². The molecule has 1 aromatic carbocycles. The third kappa shape index (κ3) is 5.59. The summed E-state index contributed by atoms with van der Waals surface area (Å²) in [6.07, 6.45) is 1.08. The smallest absolute Gasteiger partial charge is 0.315 e. The standard InChI is InChI=1S/C16H25N3OS/c1-13(19(2)11-14-6-4-3-5-7-14)10-17-16(20)18-15-8-9-21-12-15/h3-7,13,15H,8-12H2,1-2H3,(H2,17,18,20)/t13-,15+/m0/s1. The molecule has 1 heterocycles. The molecule has 1 aliphatic heterocycles. The largest absolute Gasteiger partial charge is 0.337 e. The fourth-order valence-electron chi connectivity index (χ4n) is 2.31. The number of urea groups is 1. The van der Waals surface area contributed by atoms with Crippen LogP contribution in [0.2, 0.25) is 0 Å². The van der Waals surface area contributed by atoms with E-state index in [1.165, 1.54) is 5.56 Å². The number of rotatable bonds is 6. The number of nitrogens with zero attached hydrogens (tertiary/aromatic N) is 1. The molecule has 4 nitrogen and oxygen atoms in total. The van der Waals surface area contributed by atoms with Gasteiger partial charge >= 0.3 is 6.03 Å². The van der Waals surface area contributed by atoms with Gasteiger partial charge in [0.05, 0.1) is 0 Å². The Morgan fingerprint density at radius 2 is 2.19 bits per heavy atom. The minimum atomic E-state index is -0.0394. The maximum Gasteiger partial charge on any atom is 0.315 e. The highest BCUT2D eigenvalue weighted by Gasteiger charge is 2.18. The van der Waals surface area contributed by atoms with Crippen LogP contribution in [0.3, 0.4) is 0 Å². The van der Waals surface area contributed by atoms with Gasteiger partial charge in [-0.1, -0.05) is 30.3 Å². The van der Waals surface area contributed by atoms with Gasteiger partial charge in [0.25, 0.3) is 0 Å². The van der Waals surface area contributed by atoms with Crippen molar-refractivity contribution in [2.45, 2.75) is 32.0 Å². The number of likely N-dealkylation sites (N-methyl/N-ethyl adjacent to an activating group) is 1. The zero-order chi connectivity index (χ0) is 15.1. The minimum Gasteiger partial charge on any atom is -0.337 e. The van der Waals surface area contributed by atoms with E-state index in [9.17, 15) is 4.79 Å². The summed E-state index contributed by atoms with van der Waals surface area (Å²) in [6.45, 7) is 3.69. The van der Waals surface area contributed by atoms with E-state index < -0.39 is 0 Å². The van der Waals surface area contributed by atoms with Crippen LogP contribution in [0.5, 0.6) is 0 Å². The lowest BCUT2D eigenvalue weighted by atomic mass is 10.2. The Hall–Kier alpha value is -1.20. The van der Waals surface area contributed by atoms with Gasteiger partial charge in [0, 0.05) is 30.9 Å². The van der Waals surface area contributed by atoms with Crippen molar-refractivity contribution in [1.82, 2.24) is 15.5 Å². The molecular formula is C16H25N3OS. The first kappa shape index (κ1) is 16.2. The van der Waals surface area contributed by atoms with E-state index in [2.05, 4.69) is 53.8 Å². The Kier molecular flexibility index (Phi) is 6.39. The third-order valence-corrected chi connectivity index (χ3v) is 5.01. The fourth-order valence-corrected chi connectivity index (χ4v) is 3.46. The van der Waals surface area contributed by atoms with E-state index in [0.717, 1.165) is 24.5 Å². The van der Waals surface area contributed by atoms with Crippen LogP contribution in [0, 0.1) is 0 Å². The zero-order valence-electron chi connectivity index (χ0n) is 12.8. The number of hydrogen-bond acceptors (Lipinski definition) is 3. The van der Waals surface area contributed by atoms with E-state index in [0.29, 0.717) is 18.6 Å². The predicted molar refractivity (Wildman–Crippen MR) is 89.6 cm³/mol. The topological polar surface area (TPSA) is 44.4 Å². The molecule has 0 aromatic heterocycles. The average Bonchev–Trinajstić information content (AvgIpc) is 2.98. The van der Waals surface area contributed by atoms with Crippen LogP contribution in [0.15, 0.2) is 30.3 Å². The molecule has 1 aromatic rings. The van der Waals surface area contributed by atoms with Crippen molar-refractivity contribution in [1.29, 1.82) is 0 Å². The predicted octanol–water partition coefficient (Wildman–Crippen LogP) is 2.31. The fraction of sp³-hybridized carbons (Fsp3) is 0.562. The Morgan fingerprint density at radius 1 is 1.43 bits per heavy atom. The maximum absolute atomic E-state index is 11.8. The molecule has 0 unspecified atom stereocenters. The zero-order valence-corrected chi connectivity index (χ0v) is 13.7. The second-order valence-electron chi connectivity index (χ2n) is 5.66. The number of carbonyl (C=O) groups is 1. The summed E-state index contributed by atoms with van der Waals surface area (Å²) in [5.74, 6) is 2.19. The van der Waals surface area contributed by atoms with Crippen molar-refractivity contribution in [2.75, 3.05) is 25.1 Å². The van der Waals surface area contributed by atoms with Crippen LogP contribution in [-0.2, 0) is 6.54 Å². The van der Waals surface area contributed by atoms with Crippen molar-refractivity contribution in [3.05, 3.63) is 35.9 Å². The summed E-state index contributed by atoms with van der Waals surface area (Å²) in [4.78, 5) is 14.1. The van der Waals surface area contributed by atoms with Gasteiger partial charge in [-0.25, -0.2) is 4.79 Å². The van der Waals surface area contributed by atoms with Gasteiger partial charge in [-0.3, -0.25) is 4.90 Å². The molecule has 2 N–H and O–H groups in total. The van der Waals surface area contributed by atoms with Crippen molar-refractivity contribution in [2.24, 2.45) is 0 Å². The van der Waals surface area contributed by atoms with E-state index in [1.807, 2.05) is 17.8 Å². The SMILES string of the molecule is C[C@@H](CNC(=O)N[C@@H]1CCSC1)N(C)Cc1ccccc1. The summed E-state index contributed by atoms with van der Waals surface area (Å²) in [5, 5.41) is 6.01. The van der Waals surface area contributed by atoms with Crippen molar-refractivity contribution in [3.63, 3.8) is 0 Å². The summed E-state index contributed by atoms with van der Waals surface area (Å²) in [7, 11) is 2.09. The summed E-state index contributed by atoms with van der Waals surface area (Å²) in [6, 6.07) is 11.0. The Morgan fingerprint density at radius 3 is 2.86 bits per heavy atom. The highest BCUT2D eigenvalue weighted by Crippen LogP contribution is 2.16. The van der Waals surface area contributed by atoms with Crippen LogP contribution in [0.25, 0.3) is 0 Å². The summed E-state index contributed by atoms with van der Waals surface area (Å²) >= 11 is 1.90. The Balaban J connectivity index is 1.68. The number of benzene rings is 1. The monoisotopic (exact) mass is 307 g/mol. The highest BCUT2D eigenvalue weighted by atomic mass is 32.2. The normalized spacial score (nSPS) is 19.5. The van der Waals surface area contributed by atoms with E-state index in [1.54, 1.807) is 0 Å². The molecule has 0 aliphatic carbocycles. The minimum absolute atomic E-state index is 0.0394. The molecule has 2 rings (SSSR count). The second-order valence-corrected chi connectivity index (χ2v) is 6.81. The molecule has 1 saturated heterocycles. The van der Waals surface area contributed by atoms with E-state index >= 15 is 0 Å². The van der Waals surface area contributed by atoms with Crippen LogP contribution >= 0.6 is 11.8 Å². The van der Waals surface area contributed by atoms with Gasteiger partial charge in [-0.05, 0) is 31.7 Å². The van der Waals surface area contributed by atoms with Crippen LogP contribution in [0.1, 0.15) is 18.9 Å². The van der Waals surface area contributed by atoms with Gasteiger partial charge in [-0.2, -0.15) is 11.8 Å². The molecule has 5 heteroatoms. The van der Waals surface area contributed by atoms with Crippen molar-refractivity contribution >= 4 is 17.8 Å². The molecule has 1 fully saturated rings. The average molecular weight is 307 g/mol. The molecule has 116 valence electrons. The first-order valence-corrected chi connectivity index (χ1v) is 8.67. The number of nitrogens with one attached hydrogen (secondary N) is 2. The number of hydrogen-bond donors (Lipinski definition) is 2. The van der Waals surface area contributed by atoms with Gasteiger partial charge in [0.2, 0.25) is 0 Å². The number of carbonyl (C=O) groups excluding carboxylic acids is 1. The first-order valence-electron chi connectivity index (χ1n) is 7.51. The summed E-state index contributed by atoms with van der Waals surface area (Å²) < 4.78 is 0. The van der Waals surface area contributed by atoms with E-state index in [4.69, 9.17) is 0 Å². The number of thioether (sulfide) groups is 1. The molecule has 0 bridgehead atoms. The molecule has 0 saturated carbocycles.